The van der Waals surface area contributed by atoms with Gasteiger partial charge >= 0.3 is 6.18 Å². The minimum atomic E-state index is -4.78. The van der Waals surface area contributed by atoms with E-state index in [2.05, 4.69) is 15.9 Å². The van der Waals surface area contributed by atoms with Crippen molar-refractivity contribution >= 4 is 15.9 Å². The molecule has 0 aliphatic rings. The first-order chi connectivity index (χ1) is 7.79. The van der Waals surface area contributed by atoms with Gasteiger partial charge in [0.25, 0.3) is 0 Å². The van der Waals surface area contributed by atoms with E-state index in [9.17, 15) is 22.7 Å². The minimum absolute atomic E-state index is 0.0913. The standard InChI is InChI=1S/C11H9BrF4O/c1-2-3-8(17)9-7(12)5-4-6(10(9)13)11(14,15)16/h2-5,8,17H,1H3. The molecule has 1 nitrogen and oxygen atoms in total. The zero-order chi connectivity index (χ0) is 13.2. The van der Waals surface area contributed by atoms with Gasteiger partial charge in [0, 0.05) is 10.0 Å². The highest BCUT2D eigenvalue weighted by Crippen LogP contribution is 2.37. The fourth-order valence-corrected chi connectivity index (χ4v) is 1.88. The number of allylic oxidation sites excluding steroid dienone is 1. The molecule has 0 heterocycles. The van der Waals surface area contributed by atoms with Gasteiger partial charge in [-0.15, -0.1) is 0 Å². The van der Waals surface area contributed by atoms with Crippen LogP contribution in [0, 0.1) is 5.82 Å². The summed E-state index contributed by atoms with van der Waals surface area (Å²) < 4.78 is 51.1. The monoisotopic (exact) mass is 312 g/mol. The van der Waals surface area contributed by atoms with Crippen LogP contribution in [0.4, 0.5) is 17.6 Å². The molecule has 94 valence electrons. The lowest BCUT2D eigenvalue weighted by Crippen LogP contribution is -2.11. The van der Waals surface area contributed by atoms with Gasteiger partial charge in [-0.3, -0.25) is 0 Å². The molecule has 0 spiro atoms. The van der Waals surface area contributed by atoms with Crippen LogP contribution in [0.25, 0.3) is 0 Å². The maximum absolute atomic E-state index is 13.7. The second kappa shape index (κ2) is 5.18. The molecule has 1 rings (SSSR count). The Morgan fingerprint density at radius 1 is 1.35 bits per heavy atom. The Kier molecular flexibility index (Phi) is 4.32. The van der Waals surface area contributed by atoms with Gasteiger partial charge in [0.1, 0.15) is 11.9 Å². The molecule has 17 heavy (non-hydrogen) atoms. The Bertz CT molecular complexity index is 440. The van der Waals surface area contributed by atoms with Crippen LogP contribution in [0.2, 0.25) is 0 Å². The van der Waals surface area contributed by atoms with Crippen molar-refractivity contribution in [2.45, 2.75) is 19.2 Å². The van der Waals surface area contributed by atoms with Crippen molar-refractivity contribution in [1.82, 2.24) is 0 Å². The number of hydrogen-bond donors (Lipinski definition) is 1. The molecule has 1 aromatic carbocycles. The van der Waals surface area contributed by atoms with Crippen LogP contribution < -0.4 is 0 Å². The predicted octanol–water partition coefficient (Wildman–Crippen LogP) is 4.22. The van der Waals surface area contributed by atoms with Crippen LogP contribution in [0.5, 0.6) is 0 Å². The average molecular weight is 313 g/mol. The number of benzene rings is 1. The molecular formula is C11H9BrF4O. The van der Waals surface area contributed by atoms with Crippen molar-refractivity contribution in [3.63, 3.8) is 0 Å². The third kappa shape index (κ3) is 3.07. The van der Waals surface area contributed by atoms with Crippen LogP contribution in [-0.4, -0.2) is 5.11 Å². The lowest BCUT2D eigenvalue weighted by Gasteiger charge is -2.15. The molecule has 1 atom stereocenters. The highest BCUT2D eigenvalue weighted by atomic mass is 79.9. The third-order valence-corrected chi connectivity index (χ3v) is 2.79. The Labute approximate surface area is 104 Å². The summed E-state index contributed by atoms with van der Waals surface area (Å²) in [4.78, 5) is 0. The minimum Gasteiger partial charge on any atom is -0.384 e. The van der Waals surface area contributed by atoms with E-state index in [0.29, 0.717) is 6.07 Å². The van der Waals surface area contributed by atoms with Crippen LogP contribution >= 0.6 is 15.9 Å². The van der Waals surface area contributed by atoms with Gasteiger partial charge < -0.3 is 5.11 Å². The number of aliphatic hydroxyl groups excluding tert-OH is 1. The summed E-state index contributed by atoms with van der Waals surface area (Å²) in [6, 6.07) is 1.69. The van der Waals surface area contributed by atoms with Crippen LogP contribution in [0.3, 0.4) is 0 Å². The summed E-state index contributed by atoms with van der Waals surface area (Å²) in [5.41, 5.74) is -1.81. The summed E-state index contributed by atoms with van der Waals surface area (Å²) in [6.45, 7) is 1.57. The Balaban J connectivity index is 3.40. The molecule has 0 amide bonds. The molecule has 0 fully saturated rings. The molecule has 1 aromatic rings. The average Bonchev–Trinajstić information content (AvgIpc) is 2.15. The summed E-state index contributed by atoms with van der Waals surface area (Å²) in [5.74, 6) is -1.46. The van der Waals surface area contributed by atoms with Crippen molar-refractivity contribution in [3.05, 3.63) is 45.7 Å². The second-order valence-electron chi connectivity index (χ2n) is 3.29. The molecule has 0 saturated carbocycles. The molecule has 1 N–H and O–H groups in total. The van der Waals surface area contributed by atoms with Crippen molar-refractivity contribution in [3.8, 4) is 0 Å². The highest BCUT2D eigenvalue weighted by Gasteiger charge is 2.36. The van der Waals surface area contributed by atoms with Gasteiger partial charge in [-0.25, -0.2) is 4.39 Å². The largest absolute Gasteiger partial charge is 0.419 e. The molecule has 0 aliphatic carbocycles. The van der Waals surface area contributed by atoms with Crippen molar-refractivity contribution < 1.29 is 22.7 Å². The first-order valence-electron chi connectivity index (χ1n) is 4.65. The lowest BCUT2D eigenvalue weighted by molar-refractivity contribution is -0.140. The molecule has 0 radical (unpaired) electrons. The molecule has 6 heteroatoms. The maximum atomic E-state index is 13.7. The van der Waals surface area contributed by atoms with Gasteiger partial charge in [0.2, 0.25) is 0 Å². The first-order valence-corrected chi connectivity index (χ1v) is 5.44. The zero-order valence-corrected chi connectivity index (χ0v) is 10.3. The Morgan fingerprint density at radius 3 is 2.41 bits per heavy atom. The van der Waals surface area contributed by atoms with E-state index in [1.807, 2.05) is 0 Å². The fraction of sp³-hybridized carbons (Fsp3) is 0.273. The second-order valence-corrected chi connectivity index (χ2v) is 4.15. The van der Waals surface area contributed by atoms with E-state index >= 15 is 0 Å². The van der Waals surface area contributed by atoms with Crippen LogP contribution in [0.15, 0.2) is 28.8 Å². The molecular weight excluding hydrogens is 304 g/mol. The molecule has 0 bridgehead atoms. The smallest absolute Gasteiger partial charge is 0.384 e. The highest BCUT2D eigenvalue weighted by molar-refractivity contribution is 9.10. The maximum Gasteiger partial charge on any atom is 0.419 e. The van der Waals surface area contributed by atoms with Crippen molar-refractivity contribution in [2.24, 2.45) is 0 Å². The first kappa shape index (κ1) is 14.2. The van der Waals surface area contributed by atoms with Gasteiger partial charge in [-0.2, -0.15) is 13.2 Å². The van der Waals surface area contributed by atoms with E-state index < -0.39 is 29.2 Å². The normalized spacial score (nSPS) is 14.3. The number of aliphatic hydroxyl groups is 1. The number of halogens is 5. The van der Waals surface area contributed by atoms with E-state index in [1.165, 1.54) is 12.2 Å². The summed E-state index contributed by atoms with van der Waals surface area (Å²) >= 11 is 2.92. The number of alkyl halides is 3. The zero-order valence-electron chi connectivity index (χ0n) is 8.72. The number of rotatable bonds is 2. The van der Waals surface area contributed by atoms with E-state index in [1.54, 1.807) is 6.92 Å². The van der Waals surface area contributed by atoms with Crippen LogP contribution in [0.1, 0.15) is 24.2 Å². The summed E-state index contributed by atoms with van der Waals surface area (Å²) in [7, 11) is 0. The lowest BCUT2D eigenvalue weighted by atomic mass is 10.0. The summed E-state index contributed by atoms with van der Waals surface area (Å²) in [5, 5.41) is 9.55. The SMILES string of the molecule is CC=CC(O)c1c(Br)ccc(C(F)(F)F)c1F. The fourth-order valence-electron chi connectivity index (χ4n) is 1.34. The molecule has 0 aromatic heterocycles. The molecule has 0 aliphatic heterocycles. The quantitative estimate of drug-likeness (QED) is 0.640. The van der Waals surface area contributed by atoms with Crippen molar-refractivity contribution in [1.29, 1.82) is 0 Å². The number of hydrogen-bond acceptors (Lipinski definition) is 1. The summed E-state index contributed by atoms with van der Waals surface area (Å²) in [6.07, 6.45) is -3.58. The van der Waals surface area contributed by atoms with Gasteiger partial charge in [-0.05, 0) is 19.1 Å². The van der Waals surface area contributed by atoms with Gasteiger partial charge in [-0.1, -0.05) is 28.1 Å². The molecule has 1 unspecified atom stereocenters. The van der Waals surface area contributed by atoms with E-state index in [0.717, 1.165) is 6.07 Å². The van der Waals surface area contributed by atoms with E-state index in [4.69, 9.17) is 0 Å². The van der Waals surface area contributed by atoms with Crippen LogP contribution in [-0.2, 0) is 6.18 Å². The Hall–Kier alpha value is -0.880. The van der Waals surface area contributed by atoms with E-state index in [-0.39, 0.29) is 4.47 Å². The van der Waals surface area contributed by atoms with Gasteiger partial charge in [0.15, 0.2) is 0 Å². The predicted molar refractivity (Wildman–Crippen MR) is 58.9 cm³/mol. The van der Waals surface area contributed by atoms with Gasteiger partial charge in [0.05, 0.1) is 5.56 Å². The topological polar surface area (TPSA) is 20.2 Å². The van der Waals surface area contributed by atoms with Crippen molar-refractivity contribution in [2.75, 3.05) is 0 Å². The Morgan fingerprint density at radius 2 is 1.94 bits per heavy atom. The third-order valence-electron chi connectivity index (χ3n) is 2.10. The molecule has 0 saturated heterocycles.